The predicted molar refractivity (Wildman–Crippen MR) is 64.7 cm³/mol. The molecule has 7 heteroatoms. The molecule has 3 rings (SSSR count). The molecule has 0 aromatic carbocycles. The summed E-state index contributed by atoms with van der Waals surface area (Å²) in [6, 6.07) is 0.990. The second-order valence-corrected chi connectivity index (χ2v) is 4.45. The van der Waals surface area contributed by atoms with Crippen molar-refractivity contribution in [1.29, 1.82) is 0 Å². The van der Waals surface area contributed by atoms with Crippen LogP contribution in [-0.4, -0.2) is 48.8 Å². The van der Waals surface area contributed by atoms with Crippen LogP contribution in [0.5, 0.6) is 0 Å². The van der Waals surface area contributed by atoms with Crippen LogP contribution in [-0.2, 0) is 4.79 Å². The minimum absolute atomic E-state index is 0.229. The van der Waals surface area contributed by atoms with E-state index in [2.05, 4.69) is 9.97 Å². The summed E-state index contributed by atoms with van der Waals surface area (Å²) in [7, 11) is 0. The molecule has 0 radical (unpaired) electrons. The standard InChI is InChI=1S/C12H12N4O3/c17-10(16-6-1-3-9(16)11(18)19)8-7-15-5-2-4-13-12(15)14-8/h2,4-5,7,9H,1,3,6H2,(H,18,19)/t9-/m0/s1. The summed E-state index contributed by atoms with van der Waals surface area (Å²) in [5.74, 6) is -0.889. The SMILES string of the molecule is O=C(O)[C@@H]1CCCN1C(=O)c1cn2cccnc2n1. The summed E-state index contributed by atoms with van der Waals surface area (Å²) >= 11 is 0. The van der Waals surface area contributed by atoms with Crippen molar-refractivity contribution in [3.63, 3.8) is 0 Å². The smallest absolute Gasteiger partial charge is 0.326 e. The number of carbonyl (C=O) groups excluding carboxylic acids is 1. The third-order valence-corrected chi connectivity index (χ3v) is 3.25. The molecule has 1 amide bonds. The molecule has 98 valence electrons. The van der Waals surface area contributed by atoms with Crippen molar-refractivity contribution < 1.29 is 14.7 Å². The molecular weight excluding hydrogens is 248 g/mol. The molecule has 1 fully saturated rings. The fourth-order valence-electron chi connectivity index (χ4n) is 2.35. The Hall–Kier alpha value is -2.44. The molecule has 3 heterocycles. The molecule has 2 aromatic rings. The zero-order valence-electron chi connectivity index (χ0n) is 10.1. The first-order valence-corrected chi connectivity index (χ1v) is 6.00. The summed E-state index contributed by atoms with van der Waals surface area (Å²) in [6.07, 6.45) is 6.10. The second-order valence-electron chi connectivity index (χ2n) is 4.45. The summed E-state index contributed by atoms with van der Waals surface area (Å²) in [4.78, 5) is 32.9. The number of nitrogens with zero attached hydrogens (tertiary/aromatic N) is 4. The van der Waals surface area contributed by atoms with E-state index in [1.54, 1.807) is 29.1 Å². The van der Waals surface area contributed by atoms with E-state index in [1.165, 1.54) is 4.90 Å². The van der Waals surface area contributed by atoms with Gasteiger partial charge in [0.1, 0.15) is 11.7 Å². The van der Waals surface area contributed by atoms with E-state index < -0.39 is 12.0 Å². The van der Waals surface area contributed by atoms with E-state index >= 15 is 0 Å². The number of imidazole rings is 1. The highest BCUT2D eigenvalue weighted by molar-refractivity contribution is 5.95. The van der Waals surface area contributed by atoms with Gasteiger partial charge < -0.3 is 10.0 Å². The van der Waals surface area contributed by atoms with Crippen molar-refractivity contribution in [3.05, 3.63) is 30.4 Å². The summed E-state index contributed by atoms with van der Waals surface area (Å²) in [5.41, 5.74) is 0.229. The predicted octanol–water partition coefficient (Wildman–Crippen LogP) is 0.418. The quantitative estimate of drug-likeness (QED) is 0.845. The van der Waals surface area contributed by atoms with Crippen molar-refractivity contribution >= 4 is 17.7 Å². The molecule has 0 aliphatic carbocycles. The number of rotatable bonds is 2. The number of hydrogen-bond donors (Lipinski definition) is 1. The largest absolute Gasteiger partial charge is 0.480 e. The average molecular weight is 260 g/mol. The molecule has 1 aliphatic rings. The Balaban J connectivity index is 1.93. The van der Waals surface area contributed by atoms with E-state index in [0.717, 1.165) is 0 Å². The average Bonchev–Trinajstić information content (AvgIpc) is 3.04. The Bertz CT molecular complexity index is 618. The fraction of sp³-hybridized carbons (Fsp3) is 0.333. The molecule has 2 aromatic heterocycles. The van der Waals surface area contributed by atoms with Gasteiger partial charge in [-0.05, 0) is 18.9 Å². The lowest BCUT2D eigenvalue weighted by Crippen LogP contribution is -2.40. The van der Waals surface area contributed by atoms with Gasteiger partial charge in [0.2, 0.25) is 5.78 Å². The lowest BCUT2D eigenvalue weighted by atomic mass is 10.2. The summed E-state index contributed by atoms with van der Waals surface area (Å²) < 4.78 is 1.64. The molecule has 1 aliphatic heterocycles. The van der Waals surface area contributed by atoms with Gasteiger partial charge in [0.25, 0.3) is 5.91 Å². The third kappa shape index (κ3) is 1.92. The Kier molecular flexibility index (Phi) is 2.66. The van der Waals surface area contributed by atoms with E-state index in [9.17, 15) is 9.59 Å². The lowest BCUT2D eigenvalue weighted by molar-refractivity contribution is -0.141. The van der Waals surface area contributed by atoms with Crippen LogP contribution in [0.4, 0.5) is 0 Å². The Labute approximate surface area is 108 Å². The molecule has 1 saturated heterocycles. The van der Waals surface area contributed by atoms with Crippen LogP contribution in [0.25, 0.3) is 5.78 Å². The maximum atomic E-state index is 12.3. The fourth-order valence-corrected chi connectivity index (χ4v) is 2.35. The molecule has 1 N–H and O–H groups in total. The summed E-state index contributed by atoms with van der Waals surface area (Å²) in [5, 5.41) is 9.09. The zero-order chi connectivity index (χ0) is 13.4. The van der Waals surface area contributed by atoms with Gasteiger partial charge in [-0.15, -0.1) is 0 Å². The van der Waals surface area contributed by atoms with Crippen LogP contribution in [0, 0.1) is 0 Å². The highest BCUT2D eigenvalue weighted by Crippen LogP contribution is 2.20. The number of likely N-dealkylation sites (tertiary alicyclic amines) is 1. The molecule has 7 nitrogen and oxygen atoms in total. The third-order valence-electron chi connectivity index (χ3n) is 3.25. The molecule has 0 unspecified atom stereocenters. The first-order chi connectivity index (χ1) is 9.16. The van der Waals surface area contributed by atoms with Crippen molar-refractivity contribution in [2.24, 2.45) is 0 Å². The molecule has 0 saturated carbocycles. The monoisotopic (exact) mass is 260 g/mol. The van der Waals surface area contributed by atoms with Gasteiger partial charge in [0.05, 0.1) is 0 Å². The number of carbonyl (C=O) groups is 2. The van der Waals surface area contributed by atoms with E-state index in [4.69, 9.17) is 5.11 Å². The van der Waals surface area contributed by atoms with E-state index in [0.29, 0.717) is 25.2 Å². The zero-order valence-corrected chi connectivity index (χ0v) is 10.1. The highest BCUT2D eigenvalue weighted by atomic mass is 16.4. The van der Waals surface area contributed by atoms with Gasteiger partial charge in [0, 0.05) is 25.1 Å². The lowest BCUT2D eigenvalue weighted by Gasteiger charge is -2.19. The minimum atomic E-state index is -0.965. The molecular formula is C12H12N4O3. The van der Waals surface area contributed by atoms with E-state index in [1.807, 2.05) is 0 Å². The topological polar surface area (TPSA) is 87.8 Å². The van der Waals surface area contributed by atoms with Gasteiger partial charge in [-0.25, -0.2) is 14.8 Å². The van der Waals surface area contributed by atoms with Gasteiger partial charge in [-0.2, -0.15) is 0 Å². The molecule has 0 spiro atoms. The first kappa shape index (κ1) is 11.6. The number of aromatic nitrogens is 3. The molecule has 19 heavy (non-hydrogen) atoms. The van der Waals surface area contributed by atoms with Gasteiger partial charge >= 0.3 is 5.97 Å². The van der Waals surface area contributed by atoms with Crippen LogP contribution in [0.15, 0.2) is 24.7 Å². The Morgan fingerprint density at radius 3 is 3.00 bits per heavy atom. The number of carboxylic acid groups (broad SMARTS) is 1. The van der Waals surface area contributed by atoms with Crippen molar-refractivity contribution in [2.45, 2.75) is 18.9 Å². The highest BCUT2D eigenvalue weighted by Gasteiger charge is 2.35. The van der Waals surface area contributed by atoms with Crippen LogP contribution >= 0.6 is 0 Å². The van der Waals surface area contributed by atoms with Crippen molar-refractivity contribution in [3.8, 4) is 0 Å². The van der Waals surface area contributed by atoms with Gasteiger partial charge in [-0.3, -0.25) is 9.20 Å². The van der Waals surface area contributed by atoms with Crippen LogP contribution in [0.1, 0.15) is 23.3 Å². The first-order valence-electron chi connectivity index (χ1n) is 6.00. The Morgan fingerprint density at radius 1 is 1.42 bits per heavy atom. The number of fused-ring (bicyclic) bond motifs is 1. The number of carboxylic acids is 1. The number of aliphatic carboxylic acids is 1. The normalized spacial score (nSPS) is 18.9. The summed E-state index contributed by atoms with van der Waals surface area (Å²) in [6.45, 7) is 0.455. The maximum Gasteiger partial charge on any atom is 0.326 e. The maximum absolute atomic E-state index is 12.3. The van der Waals surface area contributed by atoms with Crippen molar-refractivity contribution in [2.75, 3.05) is 6.54 Å². The van der Waals surface area contributed by atoms with Gasteiger partial charge in [-0.1, -0.05) is 0 Å². The van der Waals surface area contributed by atoms with Crippen LogP contribution in [0.2, 0.25) is 0 Å². The second kappa shape index (κ2) is 4.34. The van der Waals surface area contributed by atoms with Crippen LogP contribution in [0.3, 0.4) is 0 Å². The molecule has 0 bridgehead atoms. The Morgan fingerprint density at radius 2 is 2.26 bits per heavy atom. The van der Waals surface area contributed by atoms with Crippen LogP contribution < -0.4 is 0 Å². The minimum Gasteiger partial charge on any atom is -0.480 e. The molecule has 1 atom stereocenters. The van der Waals surface area contributed by atoms with Crippen molar-refractivity contribution in [1.82, 2.24) is 19.3 Å². The van der Waals surface area contributed by atoms with E-state index in [-0.39, 0.29) is 11.6 Å². The number of hydrogen-bond acceptors (Lipinski definition) is 4. The number of amides is 1. The van der Waals surface area contributed by atoms with Gasteiger partial charge in [0.15, 0.2) is 0 Å².